The zero-order chi connectivity index (χ0) is 15.5. The molecule has 0 aromatic heterocycles. The summed E-state index contributed by atoms with van der Waals surface area (Å²) >= 11 is 0. The van der Waals surface area contributed by atoms with Crippen molar-refractivity contribution in [3.63, 3.8) is 0 Å². The van der Waals surface area contributed by atoms with E-state index in [9.17, 15) is 12.8 Å². The minimum Gasteiger partial charge on any atom is -0.314 e. The molecule has 5 nitrogen and oxygen atoms in total. The van der Waals surface area contributed by atoms with E-state index in [0.29, 0.717) is 18.3 Å². The highest BCUT2D eigenvalue weighted by atomic mass is 32.2. The van der Waals surface area contributed by atoms with Crippen LogP contribution in [0.4, 0.5) is 10.1 Å². The van der Waals surface area contributed by atoms with E-state index in [4.69, 9.17) is 0 Å². The molecule has 0 amide bonds. The van der Waals surface area contributed by atoms with Crippen molar-refractivity contribution in [1.29, 1.82) is 0 Å². The van der Waals surface area contributed by atoms with Gasteiger partial charge in [0.05, 0.1) is 5.69 Å². The number of benzene rings is 1. The SMILES string of the molecule is CN(CCCNC1CC1)S(=O)(=O)N(C)c1ccc(F)cc1. The number of nitrogens with one attached hydrogen (secondary N) is 1. The van der Waals surface area contributed by atoms with Crippen LogP contribution in [-0.2, 0) is 10.2 Å². The van der Waals surface area contributed by atoms with Crippen molar-refractivity contribution < 1.29 is 12.8 Å². The van der Waals surface area contributed by atoms with Crippen LogP contribution in [0.2, 0.25) is 0 Å². The van der Waals surface area contributed by atoms with E-state index in [1.807, 2.05) is 0 Å². The highest BCUT2D eigenvalue weighted by molar-refractivity contribution is 7.90. The van der Waals surface area contributed by atoms with Gasteiger partial charge in [0, 0.05) is 26.7 Å². The number of hydrogen-bond acceptors (Lipinski definition) is 3. The van der Waals surface area contributed by atoms with Crippen LogP contribution < -0.4 is 9.62 Å². The Kier molecular flexibility index (Phi) is 5.18. The van der Waals surface area contributed by atoms with Crippen LogP contribution in [0.25, 0.3) is 0 Å². The second kappa shape index (κ2) is 6.72. The summed E-state index contributed by atoms with van der Waals surface area (Å²) in [7, 11) is -0.538. The summed E-state index contributed by atoms with van der Waals surface area (Å²) in [6.07, 6.45) is 3.21. The Morgan fingerprint density at radius 2 is 1.86 bits per heavy atom. The second-order valence-corrected chi connectivity index (χ2v) is 7.42. The topological polar surface area (TPSA) is 52.7 Å². The minimum absolute atomic E-state index is 0.385. The van der Waals surface area contributed by atoms with Crippen LogP contribution >= 0.6 is 0 Å². The molecular weight excluding hydrogens is 293 g/mol. The zero-order valence-electron chi connectivity index (χ0n) is 12.4. The van der Waals surface area contributed by atoms with Crippen LogP contribution in [-0.4, -0.2) is 45.9 Å². The zero-order valence-corrected chi connectivity index (χ0v) is 13.2. The van der Waals surface area contributed by atoms with E-state index >= 15 is 0 Å². The van der Waals surface area contributed by atoms with Gasteiger partial charge in [-0.25, -0.2) is 4.39 Å². The normalized spacial score (nSPS) is 15.4. The van der Waals surface area contributed by atoms with Crippen LogP contribution in [0.15, 0.2) is 24.3 Å². The molecule has 1 fully saturated rings. The molecule has 0 aliphatic heterocycles. The molecule has 1 aromatic rings. The fraction of sp³-hybridized carbons (Fsp3) is 0.571. The number of anilines is 1. The van der Waals surface area contributed by atoms with Crippen molar-refractivity contribution in [3.05, 3.63) is 30.1 Å². The van der Waals surface area contributed by atoms with Crippen LogP contribution in [0.1, 0.15) is 19.3 Å². The molecule has 118 valence electrons. The Hall–Kier alpha value is -1.18. The smallest absolute Gasteiger partial charge is 0.303 e. The quantitative estimate of drug-likeness (QED) is 0.741. The molecule has 1 N–H and O–H groups in total. The van der Waals surface area contributed by atoms with Gasteiger partial charge in [0.25, 0.3) is 0 Å². The average Bonchev–Trinajstić information content (AvgIpc) is 3.27. The fourth-order valence-electron chi connectivity index (χ4n) is 2.00. The van der Waals surface area contributed by atoms with E-state index in [1.165, 1.54) is 52.8 Å². The van der Waals surface area contributed by atoms with Gasteiger partial charge >= 0.3 is 10.2 Å². The summed E-state index contributed by atoms with van der Waals surface area (Å²) in [4.78, 5) is 0. The molecule has 0 atom stereocenters. The summed E-state index contributed by atoms with van der Waals surface area (Å²) in [5, 5.41) is 3.35. The monoisotopic (exact) mass is 315 g/mol. The highest BCUT2D eigenvalue weighted by Crippen LogP contribution is 2.19. The maximum atomic E-state index is 12.9. The summed E-state index contributed by atoms with van der Waals surface area (Å²) in [6, 6.07) is 6.04. The second-order valence-electron chi connectivity index (χ2n) is 5.36. The molecule has 0 radical (unpaired) electrons. The molecule has 1 aliphatic rings. The number of hydrogen-bond donors (Lipinski definition) is 1. The lowest BCUT2D eigenvalue weighted by Crippen LogP contribution is -2.40. The number of halogens is 1. The van der Waals surface area contributed by atoms with Crippen molar-refractivity contribution >= 4 is 15.9 Å². The first-order chi connectivity index (χ1) is 9.91. The maximum Gasteiger partial charge on any atom is 0.303 e. The number of nitrogens with zero attached hydrogens (tertiary/aromatic N) is 2. The largest absolute Gasteiger partial charge is 0.314 e. The first-order valence-electron chi connectivity index (χ1n) is 7.10. The van der Waals surface area contributed by atoms with Crippen molar-refractivity contribution in [2.45, 2.75) is 25.3 Å². The van der Waals surface area contributed by atoms with Gasteiger partial charge < -0.3 is 5.32 Å². The lowest BCUT2D eigenvalue weighted by molar-refractivity contribution is 0.452. The third kappa shape index (κ3) is 4.39. The molecule has 7 heteroatoms. The van der Waals surface area contributed by atoms with Gasteiger partial charge in [0.15, 0.2) is 0 Å². The van der Waals surface area contributed by atoms with Gasteiger partial charge in [-0.2, -0.15) is 12.7 Å². The van der Waals surface area contributed by atoms with Gasteiger partial charge in [0.1, 0.15) is 5.82 Å². The third-order valence-electron chi connectivity index (χ3n) is 3.59. The molecule has 1 aliphatic carbocycles. The Balaban J connectivity index is 1.89. The van der Waals surface area contributed by atoms with Crippen LogP contribution in [0.3, 0.4) is 0 Å². The Morgan fingerprint density at radius 1 is 1.24 bits per heavy atom. The summed E-state index contributed by atoms with van der Waals surface area (Å²) in [5.41, 5.74) is 0.444. The van der Waals surface area contributed by atoms with E-state index in [1.54, 1.807) is 7.05 Å². The molecule has 1 aromatic carbocycles. The molecule has 0 spiro atoms. The highest BCUT2D eigenvalue weighted by Gasteiger charge is 2.24. The Bertz CT molecular complexity index is 558. The van der Waals surface area contributed by atoms with Gasteiger partial charge in [-0.15, -0.1) is 0 Å². The number of rotatable bonds is 8. The first kappa shape index (κ1) is 16.2. The summed E-state index contributed by atoms with van der Waals surface area (Å²) < 4.78 is 40.2. The molecule has 0 heterocycles. The van der Waals surface area contributed by atoms with Gasteiger partial charge in [-0.3, -0.25) is 4.31 Å². The standard InChI is InChI=1S/C14H22FN3O2S/c1-17(11-3-10-16-13-6-7-13)21(19,20)18(2)14-8-4-12(15)5-9-14/h4-5,8-9,13,16H,3,6-7,10-11H2,1-2H3. The molecule has 21 heavy (non-hydrogen) atoms. The van der Waals surface area contributed by atoms with E-state index < -0.39 is 10.2 Å². The third-order valence-corrected chi connectivity index (χ3v) is 5.46. The van der Waals surface area contributed by atoms with E-state index in [-0.39, 0.29) is 5.82 Å². The van der Waals surface area contributed by atoms with Gasteiger partial charge in [-0.1, -0.05) is 0 Å². The Morgan fingerprint density at radius 3 is 2.43 bits per heavy atom. The molecular formula is C14H22FN3O2S. The van der Waals surface area contributed by atoms with E-state index in [0.717, 1.165) is 13.0 Å². The van der Waals surface area contributed by atoms with Gasteiger partial charge in [0.2, 0.25) is 0 Å². The van der Waals surface area contributed by atoms with Crippen molar-refractivity contribution in [2.75, 3.05) is 31.5 Å². The molecule has 2 rings (SSSR count). The predicted octanol–water partition coefficient (Wildman–Crippen LogP) is 1.58. The Labute approximate surface area is 125 Å². The summed E-state index contributed by atoms with van der Waals surface area (Å²) in [6.45, 7) is 1.28. The molecule has 1 saturated carbocycles. The van der Waals surface area contributed by atoms with Crippen molar-refractivity contribution in [2.24, 2.45) is 0 Å². The fourth-order valence-corrected chi connectivity index (χ4v) is 3.17. The average molecular weight is 315 g/mol. The summed E-state index contributed by atoms with van der Waals surface area (Å²) in [5.74, 6) is -0.385. The van der Waals surface area contributed by atoms with Gasteiger partial charge in [-0.05, 0) is 50.1 Å². The van der Waals surface area contributed by atoms with Crippen molar-refractivity contribution in [1.82, 2.24) is 9.62 Å². The first-order valence-corrected chi connectivity index (χ1v) is 8.50. The lowest BCUT2D eigenvalue weighted by atomic mass is 10.3. The lowest BCUT2D eigenvalue weighted by Gasteiger charge is -2.26. The predicted molar refractivity (Wildman–Crippen MR) is 82.0 cm³/mol. The van der Waals surface area contributed by atoms with Crippen molar-refractivity contribution in [3.8, 4) is 0 Å². The van der Waals surface area contributed by atoms with Crippen LogP contribution in [0.5, 0.6) is 0 Å². The molecule has 0 unspecified atom stereocenters. The minimum atomic E-state index is -3.57. The molecule has 0 saturated heterocycles. The molecule has 0 bridgehead atoms. The maximum absolute atomic E-state index is 12.9. The van der Waals surface area contributed by atoms with Crippen LogP contribution in [0, 0.1) is 5.82 Å². The van der Waals surface area contributed by atoms with E-state index in [2.05, 4.69) is 5.32 Å².